The lowest BCUT2D eigenvalue weighted by Crippen LogP contribution is -2.48. The van der Waals surface area contributed by atoms with E-state index in [1.807, 2.05) is 6.92 Å². The fourth-order valence-corrected chi connectivity index (χ4v) is 4.27. The van der Waals surface area contributed by atoms with Crippen LogP contribution >= 0.6 is 24.0 Å². The average molecular weight is 559 g/mol. The molecule has 180 valence electrons. The molecule has 2 atom stereocenters. The van der Waals surface area contributed by atoms with Crippen LogP contribution in [-0.2, 0) is 22.6 Å². The molecule has 32 heavy (non-hydrogen) atoms. The summed E-state index contributed by atoms with van der Waals surface area (Å²) in [6, 6.07) is 8.82. The van der Waals surface area contributed by atoms with Gasteiger partial charge in [0.15, 0.2) is 5.96 Å². The molecule has 2 aliphatic heterocycles. The number of nitrogens with one attached hydrogen (secondary N) is 1. The van der Waals surface area contributed by atoms with Crippen molar-refractivity contribution in [3.05, 3.63) is 35.4 Å². The van der Waals surface area contributed by atoms with Gasteiger partial charge in [0.2, 0.25) is 0 Å². The summed E-state index contributed by atoms with van der Waals surface area (Å²) < 4.78 is 10.9. The number of morpholine rings is 1. The smallest absolute Gasteiger partial charge is 0.409 e. The Bertz CT molecular complexity index is 728. The number of carbonyl (C=O) groups excluding carboxylic acids is 1. The lowest BCUT2D eigenvalue weighted by molar-refractivity contribution is -0.0704. The van der Waals surface area contributed by atoms with Gasteiger partial charge in [-0.15, -0.1) is 24.0 Å². The summed E-state index contributed by atoms with van der Waals surface area (Å²) in [5.74, 6) is 0.454. The van der Waals surface area contributed by atoms with E-state index in [1.165, 1.54) is 5.56 Å². The molecule has 2 saturated heterocycles. The van der Waals surface area contributed by atoms with Gasteiger partial charge in [0, 0.05) is 38.8 Å². The van der Waals surface area contributed by atoms with Gasteiger partial charge in [-0.1, -0.05) is 24.3 Å². The van der Waals surface area contributed by atoms with Crippen molar-refractivity contribution in [1.29, 1.82) is 0 Å². The molecular weight excluding hydrogens is 521 g/mol. The van der Waals surface area contributed by atoms with Crippen LogP contribution in [0, 0.1) is 0 Å². The number of halogens is 1. The van der Waals surface area contributed by atoms with Gasteiger partial charge in [-0.05, 0) is 44.7 Å². The molecule has 1 aromatic rings. The van der Waals surface area contributed by atoms with E-state index < -0.39 is 0 Å². The van der Waals surface area contributed by atoms with Gasteiger partial charge in [-0.2, -0.15) is 0 Å². The molecule has 3 rings (SSSR count). The van der Waals surface area contributed by atoms with Crippen molar-refractivity contribution in [1.82, 2.24) is 15.1 Å². The van der Waals surface area contributed by atoms with E-state index in [0.717, 1.165) is 38.0 Å². The predicted molar refractivity (Wildman–Crippen MR) is 137 cm³/mol. The van der Waals surface area contributed by atoms with Crippen molar-refractivity contribution in [3.8, 4) is 0 Å². The van der Waals surface area contributed by atoms with Gasteiger partial charge in [-0.25, -0.2) is 9.79 Å². The Labute approximate surface area is 208 Å². The number of hydrogen-bond acceptors (Lipinski definition) is 5. The summed E-state index contributed by atoms with van der Waals surface area (Å²) in [5.41, 5.74) is 8.52. The van der Waals surface area contributed by atoms with E-state index in [2.05, 4.69) is 53.3 Å². The molecule has 1 aromatic carbocycles. The van der Waals surface area contributed by atoms with E-state index in [0.29, 0.717) is 32.2 Å². The number of ether oxygens (including phenoxy) is 2. The number of rotatable bonds is 6. The summed E-state index contributed by atoms with van der Waals surface area (Å²) in [5, 5.41) is 3.28. The highest BCUT2D eigenvalue weighted by Crippen LogP contribution is 2.15. The van der Waals surface area contributed by atoms with Crippen LogP contribution in [0.4, 0.5) is 4.79 Å². The minimum absolute atomic E-state index is 0. The second-order valence-electron chi connectivity index (χ2n) is 8.57. The third-order valence-electron chi connectivity index (χ3n) is 5.73. The number of nitrogens with two attached hydrogens (primary N) is 1. The maximum absolute atomic E-state index is 11.8. The van der Waals surface area contributed by atoms with Gasteiger partial charge in [0.1, 0.15) is 0 Å². The van der Waals surface area contributed by atoms with Crippen LogP contribution in [0.1, 0.15) is 44.7 Å². The summed E-state index contributed by atoms with van der Waals surface area (Å²) in [7, 11) is 0. The number of nitrogens with zero attached hydrogens (tertiary/aromatic N) is 3. The van der Waals surface area contributed by atoms with E-state index in [-0.39, 0.29) is 48.3 Å². The molecular formula is C23H38IN5O3. The molecule has 0 saturated carbocycles. The number of amides is 1. The summed E-state index contributed by atoms with van der Waals surface area (Å²) in [6.07, 6.45) is 2.00. The lowest BCUT2D eigenvalue weighted by Gasteiger charge is -2.35. The standard InChI is InChI=1S/C23H37N5O3.HI/c1-4-30-23(29)28-11-9-21(10-12-28)26-22(24)25-13-19-5-7-20(8-6-19)16-27-14-17(2)31-18(3)15-27;/h5-8,17-18,21H,4,9-16H2,1-3H3,(H3,24,25,26);1H. The van der Waals surface area contributed by atoms with Crippen LogP contribution in [0.2, 0.25) is 0 Å². The van der Waals surface area contributed by atoms with Crippen molar-refractivity contribution in [2.24, 2.45) is 10.7 Å². The Hall–Kier alpha value is -1.59. The Morgan fingerprint density at radius 2 is 1.75 bits per heavy atom. The monoisotopic (exact) mass is 559 g/mol. The van der Waals surface area contributed by atoms with E-state index in [4.69, 9.17) is 15.2 Å². The highest BCUT2D eigenvalue weighted by molar-refractivity contribution is 14.0. The van der Waals surface area contributed by atoms with Crippen LogP contribution in [0.3, 0.4) is 0 Å². The molecule has 2 aliphatic rings. The molecule has 2 heterocycles. The minimum atomic E-state index is -0.233. The molecule has 9 heteroatoms. The predicted octanol–water partition coefficient (Wildman–Crippen LogP) is 2.94. The zero-order chi connectivity index (χ0) is 22.2. The van der Waals surface area contributed by atoms with Crippen LogP contribution < -0.4 is 11.1 Å². The van der Waals surface area contributed by atoms with Crippen molar-refractivity contribution in [3.63, 3.8) is 0 Å². The molecule has 0 aliphatic carbocycles. The van der Waals surface area contributed by atoms with Crippen molar-refractivity contribution >= 4 is 36.0 Å². The first kappa shape index (κ1) is 26.7. The molecule has 2 fully saturated rings. The number of hydrogen-bond donors (Lipinski definition) is 2. The Morgan fingerprint density at radius 1 is 1.16 bits per heavy atom. The summed E-state index contributed by atoms with van der Waals surface area (Å²) in [6.45, 7) is 11.3. The van der Waals surface area contributed by atoms with E-state index in [9.17, 15) is 4.79 Å². The first-order valence-electron chi connectivity index (χ1n) is 11.4. The lowest BCUT2D eigenvalue weighted by atomic mass is 10.1. The second-order valence-corrected chi connectivity index (χ2v) is 8.57. The fraction of sp³-hybridized carbons (Fsp3) is 0.652. The molecule has 0 bridgehead atoms. The van der Waals surface area contributed by atoms with Gasteiger partial charge in [0.25, 0.3) is 0 Å². The molecule has 2 unspecified atom stereocenters. The molecule has 3 N–H and O–H groups in total. The highest BCUT2D eigenvalue weighted by atomic mass is 127. The first-order valence-corrected chi connectivity index (χ1v) is 11.4. The van der Waals surface area contributed by atoms with Crippen LogP contribution in [-0.4, -0.2) is 72.9 Å². The second kappa shape index (κ2) is 13.2. The Kier molecular flexibility index (Phi) is 11.0. The topological polar surface area (TPSA) is 92.4 Å². The van der Waals surface area contributed by atoms with E-state index >= 15 is 0 Å². The zero-order valence-electron chi connectivity index (χ0n) is 19.5. The van der Waals surface area contributed by atoms with E-state index in [1.54, 1.807) is 4.90 Å². The third-order valence-corrected chi connectivity index (χ3v) is 5.73. The number of likely N-dealkylation sites (tertiary alicyclic amines) is 1. The molecule has 1 amide bonds. The van der Waals surface area contributed by atoms with Crippen LogP contribution in [0.15, 0.2) is 29.3 Å². The Morgan fingerprint density at radius 3 is 2.34 bits per heavy atom. The molecule has 8 nitrogen and oxygen atoms in total. The number of piperidine rings is 1. The number of aliphatic imine (C=N–C) groups is 1. The molecule has 0 aromatic heterocycles. The van der Waals surface area contributed by atoms with Crippen molar-refractivity contribution in [2.45, 2.75) is 65.0 Å². The maximum Gasteiger partial charge on any atom is 0.409 e. The van der Waals surface area contributed by atoms with Crippen molar-refractivity contribution < 1.29 is 14.3 Å². The SMILES string of the molecule is CCOC(=O)N1CCC(NC(N)=NCc2ccc(CN3CC(C)OC(C)C3)cc2)CC1.I. The molecule has 0 spiro atoms. The quantitative estimate of drug-likeness (QED) is 0.317. The average Bonchev–Trinajstić information content (AvgIpc) is 2.73. The normalized spacial score (nSPS) is 22.8. The third kappa shape index (κ3) is 8.40. The Balaban J connectivity index is 0.00000363. The maximum atomic E-state index is 11.8. The van der Waals surface area contributed by atoms with Crippen LogP contribution in [0.5, 0.6) is 0 Å². The van der Waals surface area contributed by atoms with Gasteiger partial charge in [0.05, 0.1) is 25.4 Å². The van der Waals surface area contributed by atoms with Gasteiger partial charge in [-0.3, -0.25) is 4.90 Å². The molecule has 0 radical (unpaired) electrons. The summed E-state index contributed by atoms with van der Waals surface area (Å²) in [4.78, 5) is 20.5. The number of guanidine groups is 1. The van der Waals surface area contributed by atoms with Crippen molar-refractivity contribution in [2.75, 3.05) is 32.8 Å². The largest absolute Gasteiger partial charge is 0.450 e. The first-order chi connectivity index (χ1) is 14.9. The zero-order valence-corrected chi connectivity index (χ0v) is 21.8. The highest BCUT2D eigenvalue weighted by Gasteiger charge is 2.24. The number of benzene rings is 1. The minimum Gasteiger partial charge on any atom is -0.450 e. The number of carbonyl (C=O) groups is 1. The summed E-state index contributed by atoms with van der Waals surface area (Å²) >= 11 is 0. The van der Waals surface area contributed by atoms with Gasteiger partial charge >= 0.3 is 6.09 Å². The fourth-order valence-electron chi connectivity index (χ4n) is 4.27. The van der Waals surface area contributed by atoms with Gasteiger partial charge < -0.3 is 25.4 Å². The van der Waals surface area contributed by atoms with Crippen LogP contribution in [0.25, 0.3) is 0 Å².